The molecule has 2 heterocycles. The van der Waals surface area contributed by atoms with Crippen molar-refractivity contribution in [3.63, 3.8) is 0 Å². The average molecular weight is 388 g/mol. The number of aromatic amines is 1. The Morgan fingerprint density at radius 3 is 2.22 bits per heavy atom. The molecule has 2 N–H and O–H groups in total. The summed E-state index contributed by atoms with van der Waals surface area (Å²) in [7, 11) is 0. The minimum atomic E-state index is -4.77. The van der Waals surface area contributed by atoms with Gasteiger partial charge in [-0.1, -0.05) is 0 Å². The van der Waals surface area contributed by atoms with Gasteiger partial charge in [-0.05, 0) is 31.0 Å². The van der Waals surface area contributed by atoms with Crippen LogP contribution in [-0.4, -0.2) is 25.0 Å². The van der Waals surface area contributed by atoms with Gasteiger partial charge in [-0.25, -0.2) is 15.0 Å². The van der Waals surface area contributed by atoms with E-state index < -0.39 is 34.9 Å². The molecule has 142 valence electrons. The molecule has 3 aromatic rings. The second kappa shape index (κ2) is 5.57. The van der Waals surface area contributed by atoms with Crippen LogP contribution in [0.3, 0.4) is 0 Å². The second-order valence-electron chi connectivity index (χ2n) is 6.22. The predicted octanol–water partition coefficient (Wildman–Crippen LogP) is 4.64. The molecule has 0 amide bonds. The van der Waals surface area contributed by atoms with Gasteiger partial charge in [0.05, 0.1) is 11.1 Å². The van der Waals surface area contributed by atoms with Crippen LogP contribution in [0.4, 0.5) is 26.3 Å². The zero-order chi connectivity index (χ0) is 19.6. The summed E-state index contributed by atoms with van der Waals surface area (Å²) in [5.41, 5.74) is -3.21. The van der Waals surface area contributed by atoms with E-state index in [1.54, 1.807) is 0 Å². The van der Waals surface area contributed by atoms with Crippen molar-refractivity contribution < 1.29 is 31.4 Å². The number of aromatic nitrogens is 4. The molecule has 0 bridgehead atoms. The first kappa shape index (κ1) is 17.6. The number of alkyl halides is 6. The highest BCUT2D eigenvalue weighted by Gasteiger charge is 2.39. The Balaban J connectivity index is 1.86. The Hall–Kier alpha value is -2.85. The summed E-state index contributed by atoms with van der Waals surface area (Å²) in [5.74, 6) is -1.13. The van der Waals surface area contributed by atoms with E-state index in [1.807, 2.05) is 0 Å². The topological polar surface area (TPSA) is 74.7 Å². The SMILES string of the molecule is Oc1cc(C(F)(F)F)ccc1-c1nc2nc(C3CC3)nc(C(F)(F)F)c2[nH]1. The van der Waals surface area contributed by atoms with Crippen molar-refractivity contribution in [2.75, 3.05) is 0 Å². The number of aromatic hydroxyl groups is 1. The minimum absolute atomic E-state index is 0.0320. The van der Waals surface area contributed by atoms with E-state index in [9.17, 15) is 31.4 Å². The third kappa shape index (κ3) is 3.17. The summed E-state index contributed by atoms with van der Waals surface area (Å²) in [5, 5.41) is 9.90. The molecule has 1 aromatic carbocycles. The van der Waals surface area contributed by atoms with Gasteiger partial charge in [0.2, 0.25) is 0 Å². The van der Waals surface area contributed by atoms with Crippen LogP contribution in [0.5, 0.6) is 5.75 Å². The Bertz CT molecular complexity index is 1040. The Morgan fingerprint density at radius 1 is 0.963 bits per heavy atom. The summed E-state index contributed by atoms with van der Waals surface area (Å²) < 4.78 is 78.1. The van der Waals surface area contributed by atoms with Crippen molar-refractivity contribution in [1.82, 2.24) is 19.9 Å². The first-order valence-electron chi connectivity index (χ1n) is 7.79. The molecule has 27 heavy (non-hydrogen) atoms. The van der Waals surface area contributed by atoms with Crippen molar-refractivity contribution in [3.05, 3.63) is 35.3 Å². The molecule has 0 unspecified atom stereocenters. The summed E-state index contributed by atoms with van der Waals surface area (Å²) in [6.07, 6.45) is -8.08. The van der Waals surface area contributed by atoms with Crippen molar-refractivity contribution in [3.8, 4) is 17.1 Å². The molecule has 2 aromatic heterocycles. The molecule has 5 nitrogen and oxygen atoms in total. The van der Waals surface area contributed by atoms with Gasteiger partial charge in [-0.15, -0.1) is 0 Å². The number of phenols is 1. The number of nitrogens with zero attached hydrogens (tertiary/aromatic N) is 3. The van der Waals surface area contributed by atoms with E-state index in [0.29, 0.717) is 25.0 Å². The molecule has 0 radical (unpaired) electrons. The highest BCUT2D eigenvalue weighted by Crippen LogP contribution is 2.42. The van der Waals surface area contributed by atoms with Gasteiger partial charge in [0, 0.05) is 5.92 Å². The molecule has 1 fully saturated rings. The van der Waals surface area contributed by atoms with Crippen LogP contribution in [0.15, 0.2) is 18.2 Å². The van der Waals surface area contributed by atoms with Gasteiger partial charge in [0.1, 0.15) is 22.9 Å². The lowest BCUT2D eigenvalue weighted by molar-refractivity contribution is -0.140. The minimum Gasteiger partial charge on any atom is -0.507 e. The number of phenolic OH excluding ortho intramolecular Hbond substituents is 1. The summed E-state index contributed by atoms with van der Waals surface area (Å²) >= 11 is 0. The van der Waals surface area contributed by atoms with Gasteiger partial charge < -0.3 is 10.1 Å². The van der Waals surface area contributed by atoms with Gasteiger partial charge in [0.15, 0.2) is 11.3 Å². The highest BCUT2D eigenvalue weighted by molar-refractivity contribution is 5.80. The molecule has 1 aliphatic rings. The first-order chi connectivity index (χ1) is 12.5. The largest absolute Gasteiger partial charge is 0.507 e. The highest BCUT2D eigenvalue weighted by atomic mass is 19.4. The smallest absolute Gasteiger partial charge is 0.435 e. The third-order valence-electron chi connectivity index (χ3n) is 4.16. The molecule has 0 saturated heterocycles. The number of imidazole rings is 1. The standard InChI is InChI=1S/C16H10F6N4O/c17-15(18,19)7-3-4-8(9(27)5-7)13-23-10-11(16(20,21)22)24-12(6-1-2-6)25-14(10)26-13/h3-6,27H,1-2H2,(H,23,24,25,26). The fourth-order valence-corrected chi connectivity index (χ4v) is 2.68. The van der Waals surface area contributed by atoms with Crippen LogP contribution in [-0.2, 0) is 12.4 Å². The number of fused-ring (bicyclic) bond motifs is 1. The fraction of sp³-hybridized carbons (Fsp3) is 0.312. The lowest BCUT2D eigenvalue weighted by Gasteiger charge is -2.08. The number of H-pyrrole nitrogens is 1. The zero-order valence-corrected chi connectivity index (χ0v) is 13.3. The van der Waals surface area contributed by atoms with Crippen molar-refractivity contribution in [2.45, 2.75) is 31.1 Å². The predicted molar refractivity (Wildman–Crippen MR) is 80.8 cm³/mol. The number of halogens is 6. The zero-order valence-electron chi connectivity index (χ0n) is 13.3. The van der Waals surface area contributed by atoms with Gasteiger partial charge in [-0.2, -0.15) is 26.3 Å². The van der Waals surface area contributed by atoms with Crippen molar-refractivity contribution in [1.29, 1.82) is 0 Å². The molecule has 0 atom stereocenters. The molecule has 4 rings (SSSR count). The molecule has 11 heteroatoms. The van der Waals surface area contributed by atoms with E-state index in [0.717, 1.165) is 6.07 Å². The number of rotatable bonds is 2. The summed E-state index contributed by atoms with van der Waals surface area (Å²) in [6, 6.07) is 2.11. The number of hydrogen-bond acceptors (Lipinski definition) is 4. The Morgan fingerprint density at radius 2 is 1.67 bits per heavy atom. The van der Waals surface area contributed by atoms with Gasteiger partial charge >= 0.3 is 12.4 Å². The lowest BCUT2D eigenvalue weighted by Crippen LogP contribution is -2.11. The monoisotopic (exact) mass is 388 g/mol. The molecule has 0 aliphatic heterocycles. The molecule has 1 aliphatic carbocycles. The van der Waals surface area contributed by atoms with Crippen LogP contribution < -0.4 is 0 Å². The van der Waals surface area contributed by atoms with Crippen LogP contribution in [0, 0.1) is 0 Å². The molecular weight excluding hydrogens is 378 g/mol. The van der Waals surface area contributed by atoms with Crippen molar-refractivity contribution >= 4 is 11.2 Å². The quantitative estimate of drug-likeness (QED) is 0.628. The number of hydrogen-bond donors (Lipinski definition) is 2. The van der Waals surface area contributed by atoms with Gasteiger partial charge in [0.25, 0.3) is 0 Å². The average Bonchev–Trinajstić information content (AvgIpc) is 3.31. The van der Waals surface area contributed by atoms with E-state index >= 15 is 0 Å². The van der Waals surface area contributed by atoms with Crippen LogP contribution >= 0.6 is 0 Å². The number of nitrogens with one attached hydrogen (secondary N) is 1. The maximum absolute atomic E-state index is 13.3. The van der Waals surface area contributed by atoms with Crippen LogP contribution in [0.1, 0.15) is 35.8 Å². The van der Waals surface area contributed by atoms with E-state index in [4.69, 9.17) is 0 Å². The van der Waals surface area contributed by atoms with E-state index in [-0.39, 0.29) is 28.8 Å². The normalized spacial score (nSPS) is 15.5. The Labute approximate surface area is 147 Å². The van der Waals surface area contributed by atoms with Crippen molar-refractivity contribution in [2.24, 2.45) is 0 Å². The summed E-state index contributed by atoms with van der Waals surface area (Å²) in [6.45, 7) is 0. The molecule has 0 spiro atoms. The third-order valence-corrected chi connectivity index (χ3v) is 4.16. The Kier molecular flexibility index (Phi) is 3.62. The second-order valence-corrected chi connectivity index (χ2v) is 6.22. The van der Waals surface area contributed by atoms with E-state index in [1.165, 1.54) is 0 Å². The van der Waals surface area contributed by atoms with E-state index in [2.05, 4.69) is 19.9 Å². The van der Waals surface area contributed by atoms with Crippen LogP contribution in [0.2, 0.25) is 0 Å². The maximum Gasteiger partial charge on any atom is 0.435 e. The fourth-order valence-electron chi connectivity index (χ4n) is 2.68. The lowest BCUT2D eigenvalue weighted by atomic mass is 10.1. The van der Waals surface area contributed by atoms with Gasteiger partial charge in [-0.3, -0.25) is 0 Å². The summed E-state index contributed by atoms with van der Waals surface area (Å²) in [4.78, 5) is 13.9. The molecular formula is C16H10F6N4O. The molecule has 1 saturated carbocycles. The maximum atomic E-state index is 13.3. The number of benzene rings is 1. The first-order valence-corrected chi connectivity index (χ1v) is 7.79. The van der Waals surface area contributed by atoms with Crippen LogP contribution in [0.25, 0.3) is 22.6 Å².